The lowest BCUT2D eigenvalue weighted by Crippen LogP contribution is -2.29. The number of imide groups is 1. The van der Waals surface area contributed by atoms with E-state index in [0.717, 1.165) is 17.7 Å². The lowest BCUT2D eigenvalue weighted by atomic mass is 10.1. The van der Waals surface area contributed by atoms with Gasteiger partial charge in [-0.2, -0.15) is 0 Å². The maximum absolute atomic E-state index is 12.6. The first-order valence-corrected chi connectivity index (χ1v) is 8.36. The standard InChI is InChI=1S/C19H16ClNO4/c1-2-3-10-25-19(24)12-4-9-15-16(11-12)18(23)21(17(15)22)14-7-5-13(20)6-8-14/h4-9,11H,2-3,10H2,1H3. The van der Waals surface area contributed by atoms with Gasteiger partial charge in [-0.15, -0.1) is 0 Å². The third kappa shape index (κ3) is 3.28. The van der Waals surface area contributed by atoms with Crippen molar-refractivity contribution in [3.05, 3.63) is 64.2 Å². The Labute approximate surface area is 150 Å². The van der Waals surface area contributed by atoms with Crippen LogP contribution >= 0.6 is 11.6 Å². The Bertz CT molecular complexity index is 845. The third-order valence-electron chi connectivity index (χ3n) is 3.94. The number of nitrogens with zero attached hydrogens (tertiary/aromatic N) is 1. The molecule has 2 aromatic rings. The molecule has 0 spiro atoms. The summed E-state index contributed by atoms with van der Waals surface area (Å²) in [7, 11) is 0. The number of unbranched alkanes of at least 4 members (excludes halogenated alkanes) is 1. The van der Waals surface area contributed by atoms with Gasteiger partial charge in [0.1, 0.15) is 0 Å². The number of amides is 2. The molecule has 0 bridgehead atoms. The van der Waals surface area contributed by atoms with Gasteiger partial charge < -0.3 is 4.74 Å². The van der Waals surface area contributed by atoms with Crippen LogP contribution in [0.2, 0.25) is 5.02 Å². The Balaban J connectivity index is 1.88. The fraction of sp³-hybridized carbons (Fsp3) is 0.211. The zero-order chi connectivity index (χ0) is 18.0. The molecule has 25 heavy (non-hydrogen) atoms. The Morgan fingerprint density at radius 2 is 1.72 bits per heavy atom. The largest absolute Gasteiger partial charge is 0.462 e. The maximum atomic E-state index is 12.6. The number of anilines is 1. The van der Waals surface area contributed by atoms with Gasteiger partial charge in [0.2, 0.25) is 0 Å². The molecule has 0 fully saturated rings. The number of esters is 1. The number of rotatable bonds is 5. The summed E-state index contributed by atoms with van der Waals surface area (Å²) in [5.74, 6) is -1.39. The molecule has 1 aliphatic heterocycles. The molecule has 6 heteroatoms. The molecule has 0 radical (unpaired) electrons. The van der Waals surface area contributed by atoms with E-state index in [1.165, 1.54) is 18.2 Å². The number of hydrogen-bond acceptors (Lipinski definition) is 4. The normalized spacial score (nSPS) is 13.1. The Hall–Kier alpha value is -2.66. The molecule has 0 aliphatic carbocycles. The molecule has 0 aromatic heterocycles. The van der Waals surface area contributed by atoms with E-state index in [9.17, 15) is 14.4 Å². The van der Waals surface area contributed by atoms with Crippen LogP contribution in [0, 0.1) is 0 Å². The van der Waals surface area contributed by atoms with Crippen LogP contribution < -0.4 is 4.90 Å². The molecule has 0 atom stereocenters. The van der Waals surface area contributed by atoms with Gasteiger partial charge in [0.05, 0.1) is 29.0 Å². The Morgan fingerprint density at radius 1 is 1.04 bits per heavy atom. The smallest absolute Gasteiger partial charge is 0.338 e. The van der Waals surface area contributed by atoms with Crippen LogP contribution in [0.1, 0.15) is 50.8 Å². The van der Waals surface area contributed by atoms with E-state index in [-0.39, 0.29) is 16.7 Å². The summed E-state index contributed by atoms with van der Waals surface area (Å²) in [5, 5.41) is 0.512. The number of ether oxygens (including phenoxy) is 1. The molecule has 2 amide bonds. The molecule has 2 aromatic carbocycles. The lowest BCUT2D eigenvalue weighted by Gasteiger charge is -2.13. The van der Waals surface area contributed by atoms with Crippen LogP contribution in [-0.2, 0) is 4.74 Å². The van der Waals surface area contributed by atoms with Crippen molar-refractivity contribution in [3.63, 3.8) is 0 Å². The average molecular weight is 358 g/mol. The minimum Gasteiger partial charge on any atom is -0.462 e. The topological polar surface area (TPSA) is 63.7 Å². The number of hydrogen-bond donors (Lipinski definition) is 0. The predicted molar refractivity (Wildman–Crippen MR) is 94.2 cm³/mol. The van der Waals surface area contributed by atoms with E-state index < -0.39 is 17.8 Å². The third-order valence-corrected chi connectivity index (χ3v) is 4.19. The van der Waals surface area contributed by atoms with Gasteiger partial charge in [-0.05, 0) is 48.9 Å². The number of fused-ring (bicyclic) bond motifs is 1. The lowest BCUT2D eigenvalue weighted by molar-refractivity contribution is 0.0499. The van der Waals surface area contributed by atoms with Gasteiger partial charge in [0.25, 0.3) is 11.8 Å². The minimum absolute atomic E-state index is 0.199. The second-order valence-electron chi connectivity index (χ2n) is 5.67. The van der Waals surface area contributed by atoms with E-state index in [4.69, 9.17) is 16.3 Å². The monoisotopic (exact) mass is 357 g/mol. The molecule has 3 rings (SSSR count). The number of carbonyl (C=O) groups excluding carboxylic acids is 3. The minimum atomic E-state index is -0.499. The van der Waals surface area contributed by atoms with E-state index >= 15 is 0 Å². The Morgan fingerprint density at radius 3 is 2.40 bits per heavy atom. The first kappa shape index (κ1) is 17.2. The van der Waals surface area contributed by atoms with Crippen molar-refractivity contribution in [1.82, 2.24) is 0 Å². The average Bonchev–Trinajstić information content (AvgIpc) is 2.86. The van der Waals surface area contributed by atoms with Gasteiger partial charge in [-0.25, -0.2) is 9.69 Å². The van der Waals surface area contributed by atoms with Crippen molar-refractivity contribution >= 4 is 35.1 Å². The highest BCUT2D eigenvalue weighted by Gasteiger charge is 2.37. The van der Waals surface area contributed by atoms with Crippen molar-refractivity contribution in [2.24, 2.45) is 0 Å². The molecule has 0 unspecified atom stereocenters. The summed E-state index contributed by atoms with van der Waals surface area (Å²) in [6.07, 6.45) is 1.69. The van der Waals surface area contributed by atoms with Gasteiger partial charge >= 0.3 is 5.97 Å². The number of carbonyl (C=O) groups is 3. The molecule has 0 saturated carbocycles. The van der Waals surface area contributed by atoms with E-state index in [1.807, 2.05) is 6.92 Å². The van der Waals surface area contributed by atoms with Crippen LogP contribution in [-0.4, -0.2) is 24.4 Å². The molecule has 0 saturated heterocycles. The maximum Gasteiger partial charge on any atom is 0.338 e. The fourth-order valence-corrected chi connectivity index (χ4v) is 2.71. The van der Waals surface area contributed by atoms with Gasteiger partial charge in [0.15, 0.2) is 0 Å². The van der Waals surface area contributed by atoms with Crippen LogP contribution in [0.15, 0.2) is 42.5 Å². The van der Waals surface area contributed by atoms with Gasteiger partial charge in [-0.3, -0.25) is 9.59 Å². The van der Waals surface area contributed by atoms with Gasteiger partial charge in [0, 0.05) is 5.02 Å². The molecular formula is C19H16ClNO4. The zero-order valence-corrected chi connectivity index (χ0v) is 14.4. The zero-order valence-electron chi connectivity index (χ0n) is 13.6. The van der Waals surface area contributed by atoms with Crippen LogP contribution in [0.3, 0.4) is 0 Å². The Kier molecular flexibility index (Phi) is 4.86. The van der Waals surface area contributed by atoms with E-state index in [2.05, 4.69) is 0 Å². The summed E-state index contributed by atoms with van der Waals surface area (Å²) < 4.78 is 5.15. The quantitative estimate of drug-likeness (QED) is 0.459. The second-order valence-corrected chi connectivity index (χ2v) is 6.11. The van der Waals surface area contributed by atoms with Crippen LogP contribution in [0.5, 0.6) is 0 Å². The molecule has 1 heterocycles. The van der Waals surface area contributed by atoms with Crippen LogP contribution in [0.4, 0.5) is 5.69 Å². The van der Waals surface area contributed by atoms with Crippen molar-refractivity contribution in [2.45, 2.75) is 19.8 Å². The summed E-state index contributed by atoms with van der Waals surface area (Å²) in [6, 6.07) is 10.8. The van der Waals surface area contributed by atoms with Gasteiger partial charge in [-0.1, -0.05) is 24.9 Å². The molecule has 5 nitrogen and oxygen atoms in total. The fourth-order valence-electron chi connectivity index (χ4n) is 2.58. The summed E-state index contributed by atoms with van der Waals surface area (Å²) in [4.78, 5) is 38.3. The predicted octanol–water partition coefficient (Wildman–Crippen LogP) is 4.10. The highest BCUT2D eigenvalue weighted by atomic mass is 35.5. The van der Waals surface area contributed by atoms with Crippen LogP contribution in [0.25, 0.3) is 0 Å². The van der Waals surface area contributed by atoms with E-state index in [0.29, 0.717) is 17.3 Å². The summed E-state index contributed by atoms with van der Waals surface area (Å²) in [6.45, 7) is 2.33. The van der Waals surface area contributed by atoms with Crippen molar-refractivity contribution in [2.75, 3.05) is 11.5 Å². The second kappa shape index (κ2) is 7.07. The highest BCUT2D eigenvalue weighted by Crippen LogP contribution is 2.30. The molecule has 0 N–H and O–H groups in total. The first-order valence-electron chi connectivity index (χ1n) is 7.98. The highest BCUT2D eigenvalue weighted by molar-refractivity contribution is 6.35. The van der Waals surface area contributed by atoms with Crippen molar-refractivity contribution < 1.29 is 19.1 Å². The number of halogens is 1. The molecular weight excluding hydrogens is 342 g/mol. The first-order chi connectivity index (χ1) is 12.0. The molecule has 1 aliphatic rings. The summed E-state index contributed by atoms with van der Waals surface area (Å²) >= 11 is 5.85. The summed E-state index contributed by atoms with van der Waals surface area (Å²) in [5.41, 5.74) is 1.16. The SMILES string of the molecule is CCCCOC(=O)c1ccc2c(c1)C(=O)N(c1ccc(Cl)cc1)C2=O. The van der Waals surface area contributed by atoms with E-state index in [1.54, 1.807) is 24.3 Å². The number of benzene rings is 2. The van der Waals surface area contributed by atoms with Crippen molar-refractivity contribution in [1.29, 1.82) is 0 Å². The van der Waals surface area contributed by atoms with Crippen molar-refractivity contribution in [3.8, 4) is 0 Å². The molecule has 128 valence electrons.